The molecule has 1 aliphatic carbocycles. The van der Waals surface area contributed by atoms with Crippen molar-refractivity contribution in [2.45, 2.75) is 50.4 Å². The molecule has 0 unspecified atom stereocenters. The first-order chi connectivity index (χ1) is 12.1. The highest BCUT2D eigenvalue weighted by molar-refractivity contribution is 8.01. The molecule has 0 saturated heterocycles. The van der Waals surface area contributed by atoms with Crippen molar-refractivity contribution < 1.29 is 9.53 Å². The molecule has 1 aromatic carbocycles. The number of rotatable bonds is 6. The SMILES string of the molecule is CCOc1ccc2nc(SCC(=O)N[C@H]3CCC[C@H](C)[C@@H]3C)sc2c1. The van der Waals surface area contributed by atoms with Crippen LogP contribution in [0, 0.1) is 11.8 Å². The lowest BCUT2D eigenvalue weighted by molar-refractivity contribution is -0.119. The normalized spacial score (nSPS) is 23.6. The van der Waals surface area contributed by atoms with Crippen LogP contribution in [0.4, 0.5) is 0 Å². The minimum atomic E-state index is 0.116. The quantitative estimate of drug-likeness (QED) is 0.739. The first-order valence-electron chi connectivity index (χ1n) is 9.02. The molecule has 1 aromatic heterocycles. The fourth-order valence-corrected chi connectivity index (χ4v) is 5.27. The Kier molecular flexibility index (Phi) is 6.23. The van der Waals surface area contributed by atoms with E-state index in [-0.39, 0.29) is 5.91 Å². The van der Waals surface area contributed by atoms with Gasteiger partial charge >= 0.3 is 0 Å². The number of hydrogen-bond acceptors (Lipinski definition) is 5. The molecule has 136 valence electrons. The highest BCUT2D eigenvalue weighted by Gasteiger charge is 2.28. The van der Waals surface area contributed by atoms with E-state index in [1.54, 1.807) is 11.3 Å². The van der Waals surface area contributed by atoms with Gasteiger partial charge in [0.1, 0.15) is 5.75 Å². The zero-order valence-electron chi connectivity index (χ0n) is 15.1. The first kappa shape index (κ1) is 18.5. The van der Waals surface area contributed by atoms with E-state index in [9.17, 15) is 4.79 Å². The number of carbonyl (C=O) groups is 1. The van der Waals surface area contributed by atoms with Gasteiger partial charge in [-0.3, -0.25) is 4.79 Å². The lowest BCUT2D eigenvalue weighted by atomic mass is 9.78. The predicted molar refractivity (Wildman–Crippen MR) is 106 cm³/mol. The molecule has 1 aliphatic rings. The van der Waals surface area contributed by atoms with Gasteiger partial charge in [-0.1, -0.05) is 38.5 Å². The van der Waals surface area contributed by atoms with E-state index in [4.69, 9.17) is 4.74 Å². The van der Waals surface area contributed by atoms with Crippen molar-refractivity contribution in [3.05, 3.63) is 18.2 Å². The van der Waals surface area contributed by atoms with Crippen LogP contribution in [0.5, 0.6) is 5.75 Å². The van der Waals surface area contributed by atoms with Gasteiger partial charge in [0.05, 0.1) is 22.6 Å². The van der Waals surface area contributed by atoms with Crippen LogP contribution in [0.3, 0.4) is 0 Å². The van der Waals surface area contributed by atoms with Gasteiger partial charge in [-0.25, -0.2) is 4.98 Å². The second-order valence-corrected chi connectivity index (χ2v) is 9.03. The van der Waals surface area contributed by atoms with Gasteiger partial charge in [-0.05, 0) is 43.4 Å². The lowest BCUT2D eigenvalue weighted by Gasteiger charge is -2.34. The van der Waals surface area contributed by atoms with Gasteiger partial charge in [0.15, 0.2) is 4.34 Å². The third-order valence-corrected chi connectivity index (χ3v) is 7.19. The fraction of sp³-hybridized carbons (Fsp3) is 0.579. The maximum atomic E-state index is 12.3. The summed E-state index contributed by atoms with van der Waals surface area (Å²) >= 11 is 3.14. The molecule has 3 rings (SSSR count). The highest BCUT2D eigenvalue weighted by Crippen LogP contribution is 2.32. The molecule has 2 aromatic rings. The lowest BCUT2D eigenvalue weighted by Crippen LogP contribution is -2.44. The maximum Gasteiger partial charge on any atom is 0.230 e. The van der Waals surface area contributed by atoms with Crippen molar-refractivity contribution in [3.63, 3.8) is 0 Å². The van der Waals surface area contributed by atoms with Gasteiger partial charge in [0.25, 0.3) is 0 Å². The van der Waals surface area contributed by atoms with Gasteiger partial charge in [0.2, 0.25) is 5.91 Å². The van der Waals surface area contributed by atoms with Gasteiger partial charge in [-0.15, -0.1) is 11.3 Å². The maximum absolute atomic E-state index is 12.3. The zero-order valence-corrected chi connectivity index (χ0v) is 16.7. The minimum absolute atomic E-state index is 0.116. The number of amides is 1. The largest absolute Gasteiger partial charge is 0.494 e. The molecule has 1 N–H and O–H groups in total. The van der Waals surface area contributed by atoms with Gasteiger partial charge in [0, 0.05) is 6.04 Å². The molecule has 3 atom stereocenters. The first-order valence-corrected chi connectivity index (χ1v) is 10.8. The number of thioether (sulfide) groups is 1. The van der Waals surface area contributed by atoms with Crippen LogP contribution in [0.1, 0.15) is 40.0 Å². The second kappa shape index (κ2) is 8.41. The Hall–Kier alpha value is -1.27. The Morgan fingerprint density at radius 2 is 2.24 bits per heavy atom. The van der Waals surface area contributed by atoms with E-state index >= 15 is 0 Å². The Bertz CT molecular complexity index is 731. The molecular weight excluding hydrogens is 352 g/mol. The summed E-state index contributed by atoms with van der Waals surface area (Å²) in [6.07, 6.45) is 3.59. The van der Waals surface area contributed by atoms with Crippen LogP contribution in [0.15, 0.2) is 22.5 Å². The molecule has 1 heterocycles. The van der Waals surface area contributed by atoms with Crippen molar-refractivity contribution in [2.75, 3.05) is 12.4 Å². The average molecular weight is 379 g/mol. The summed E-state index contributed by atoms with van der Waals surface area (Å²) in [5.74, 6) is 2.66. The van der Waals surface area contributed by atoms with Crippen LogP contribution in [-0.4, -0.2) is 29.3 Å². The Balaban J connectivity index is 1.55. The Labute approximate surface area is 157 Å². The number of nitrogens with zero attached hydrogens (tertiary/aromatic N) is 1. The third-order valence-electron chi connectivity index (χ3n) is 5.03. The molecule has 0 aliphatic heterocycles. The van der Waals surface area contributed by atoms with Crippen LogP contribution in [0.2, 0.25) is 0 Å². The molecule has 6 heteroatoms. The average Bonchev–Trinajstić information content (AvgIpc) is 3.00. The summed E-state index contributed by atoms with van der Waals surface area (Å²) < 4.78 is 7.57. The van der Waals surface area contributed by atoms with Crippen LogP contribution in [-0.2, 0) is 4.79 Å². The van der Waals surface area contributed by atoms with Crippen molar-refractivity contribution in [1.29, 1.82) is 0 Å². The third kappa shape index (κ3) is 4.67. The molecular formula is C19H26N2O2S2. The number of carbonyl (C=O) groups excluding carboxylic acids is 1. The minimum Gasteiger partial charge on any atom is -0.494 e. The summed E-state index contributed by atoms with van der Waals surface area (Å²) in [7, 11) is 0. The van der Waals surface area contributed by atoms with Crippen LogP contribution in [0.25, 0.3) is 10.2 Å². The summed E-state index contributed by atoms with van der Waals surface area (Å²) in [5, 5.41) is 3.23. The molecule has 1 fully saturated rings. The summed E-state index contributed by atoms with van der Waals surface area (Å²) in [6.45, 7) is 7.18. The number of aromatic nitrogens is 1. The molecule has 25 heavy (non-hydrogen) atoms. The van der Waals surface area contributed by atoms with Gasteiger partial charge < -0.3 is 10.1 Å². The Morgan fingerprint density at radius 1 is 1.40 bits per heavy atom. The van der Waals surface area contributed by atoms with E-state index in [1.807, 2.05) is 25.1 Å². The topological polar surface area (TPSA) is 51.2 Å². The number of nitrogens with one attached hydrogen (secondary N) is 1. The fourth-order valence-electron chi connectivity index (χ4n) is 3.36. The van der Waals surface area contributed by atoms with E-state index in [1.165, 1.54) is 24.6 Å². The van der Waals surface area contributed by atoms with Crippen LogP contribution >= 0.6 is 23.1 Å². The molecule has 0 spiro atoms. The monoisotopic (exact) mass is 378 g/mol. The molecule has 1 saturated carbocycles. The number of benzene rings is 1. The molecule has 1 amide bonds. The smallest absolute Gasteiger partial charge is 0.230 e. The number of hydrogen-bond donors (Lipinski definition) is 1. The number of ether oxygens (including phenoxy) is 1. The summed E-state index contributed by atoms with van der Waals surface area (Å²) in [4.78, 5) is 16.9. The van der Waals surface area contributed by atoms with E-state index < -0.39 is 0 Å². The number of fused-ring (bicyclic) bond motifs is 1. The molecule has 4 nitrogen and oxygen atoms in total. The molecule has 0 radical (unpaired) electrons. The van der Waals surface area contributed by atoms with E-state index in [0.29, 0.717) is 30.2 Å². The van der Waals surface area contributed by atoms with E-state index in [0.717, 1.165) is 26.7 Å². The summed E-state index contributed by atoms with van der Waals surface area (Å²) in [5.41, 5.74) is 0.964. The predicted octanol–water partition coefficient (Wildman–Crippen LogP) is 4.73. The molecule has 0 bridgehead atoms. The van der Waals surface area contributed by atoms with E-state index in [2.05, 4.69) is 24.1 Å². The second-order valence-electron chi connectivity index (χ2n) is 6.77. The van der Waals surface area contributed by atoms with Gasteiger partial charge in [-0.2, -0.15) is 0 Å². The standard InChI is InChI=1S/C19H26N2O2S2/c1-4-23-14-8-9-16-17(10-14)25-19(21-16)24-11-18(22)20-15-7-5-6-12(2)13(15)3/h8-10,12-13,15H,4-7,11H2,1-3H3,(H,20,22)/t12-,13-,15-/m0/s1. The Morgan fingerprint density at radius 3 is 3.04 bits per heavy atom. The summed E-state index contributed by atoms with van der Waals surface area (Å²) in [6, 6.07) is 6.26. The highest BCUT2D eigenvalue weighted by atomic mass is 32.2. The number of thiazole rings is 1. The van der Waals surface area contributed by atoms with Crippen molar-refractivity contribution in [1.82, 2.24) is 10.3 Å². The van der Waals surface area contributed by atoms with Crippen LogP contribution < -0.4 is 10.1 Å². The van der Waals surface area contributed by atoms with Crippen molar-refractivity contribution in [3.8, 4) is 5.75 Å². The zero-order chi connectivity index (χ0) is 17.8. The van der Waals surface area contributed by atoms with Crippen molar-refractivity contribution in [2.24, 2.45) is 11.8 Å². The van der Waals surface area contributed by atoms with Crippen molar-refractivity contribution >= 4 is 39.2 Å².